The zero-order chi connectivity index (χ0) is 19.4. The van der Waals surface area contributed by atoms with Crippen LogP contribution in [0.15, 0.2) is 42.9 Å². The predicted octanol–water partition coefficient (Wildman–Crippen LogP) is 4.32. The quantitative estimate of drug-likeness (QED) is 0.707. The molecule has 0 saturated heterocycles. The molecule has 1 unspecified atom stereocenters. The topological polar surface area (TPSA) is 59.9 Å². The number of methoxy groups -OCH3 is 1. The Morgan fingerprint density at radius 1 is 1.07 bits per heavy atom. The number of aryl methyl sites for hydroxylation is 3. The first-order valence-electron chi connectivity index (χ1n) is 9.11. The normalized spacial score (nSPS) is 12.0. The second-order valence-corrected chi connectivity index (χ2v) is 6.82. The lowest BCUT2D eigenvalue weighted by Gasteiger charge is -2.18. The van der Waals surface area contributed by atoms with Crippen LogP contribution in [-0.4, -0.2) is 22.1 Å². The first-order chi connectivity index (χ1) is 13.0. The average molecular weight is 362 g/mol. The third kappa shape index (κ3) is 4.31. The van der Waals surface area contributed by atoms with Gasteiger partial charge in [-0.1, -0.05) is 6.07 Å². The van der Waals surface area contributed by atoms with Crippen LogP contribution in [0.4, 0.5) is 0 Å². The second kappa shape index (κ2) is 8.27. The predicted molar refractivity (Wildman–Crippen MR) is 108 cm³/mol. The number of nitrogens with one attached hydrogen (secondary N) is 1. The van der Waals surface area contributed by atoms with Crippen molar-refractivity contribution in [3.63, 3.8) is 0 Å². The standard InChI is InChI=1S/C22H26N4O/c1-14-11-21(27-5)15(2)10-19(14)12-24-16(3)20-13-25-22(26-17(20)4)18-6-8-23-9-7-18/h6-11,13,16,24H,12H2,1-5H3. The molecule has 2 heterocycles. The van der Waals surface area contributed by atoms with Gasteiger partial charge in [0.2, 0.25) is 0 Å². The fourth-order valence-corrected chi connectivity index (χ4v) is 3.17. The van der Waals surface area contributed by atoms with Crippen molar-refractivity contribution in [1.29, 1.82) is 0 Å². The summed E-state index contributed by atoms with van der Waals surface area (Å²) in [4.78, 5) is 13.3. The van der Waals surface area contributed by atoms with Gasteiger partial charge in [-0.3, -0.25) is 4.98 Å². The van der Waals surface area contributed by atoms with Crippen LogP contribution in [0.3, 0.4) is 0 Å². The summed E-state index contributed by atoms with van der Waals surface area (Å²) in [5.74, 6) is 1.66. The highest BCUT2D eigenvalue weighted by molar-refractivity contribution is 5.54. The molecule has 0 bridgehead atoms. The molecule has 27 heavy (non-hydrogen) atoms. The fourth-order valence-electron chi connectivity index (χ4n) is 3.17. The highest BCUT2D eigenvalue weighted by atomic mass is 16.5. The van der Waals surface area contributed by atoms with Crippen molar-refractivity contribution in [3.8, 4) is 17.1 Å². The van der Waals surface area contributed by atoms with E-state index in [0.29, 0.717) is 0 Å². The summed E-state index contributed by atoms with van der Waals surface area (Å²) in [6, 6.07) is 8.27. The molecule has 5 heteroatoms. The van der Waals surface area contributed by atoms with Gasteiger partial charge in [0.25, 0.3) is 0 Å². The van der Waals surface area contributed by atoms with E-state index in [2.05, 4.69) is 53.2 Å². The Hall–Kier alpha value is -2.79. The molecule has 0 fully saturated rings. The Morgan fingerprint density at radius 3 is 2.48 bits per heavy atom. The number of hydrogen-bond donors (Lipinski definition) is 1. The molecule has 0 aliphatic heterocycles. The second-order valence-electron chi connectivity index (χ2n) is 6.82. The van der Waals surface area contributed by atoms with E-state index in [1.165, 1.54) is 11.1 Å². The van der Waals surface area contributed by atoms with E-state index in [4.69, 9.17) is 4.74 Å². The van der Waals surface area contributed by atoms with Gasteiger partial charge in [0.1, 0.15) is 5.75 Å². The van der Waals surface area contributed by atoms with E-state index < -0.39 is 0 Å². The number of ether oxygens (including phenoxy) is 1. The lowest BCUT2D eigenvalue weighted by atomic mass is 10.0. The molecule has 1 atom stereocenters. The third-order valence-electron chi connectivity index (χ3n) is 4.87. The Labute approximate surface area is 160 Å². The molecule has 0 spiro atoms. The minimum Gasteiger partial charge on any atom is -0.496 e. The van der Waals surface area contributed by atoms with Crippen molar-refractivity contribution < 1.29 is 4.74 Å². The van der Waals surface area contributed by atoms with Crippen LogP contribution in [0.1, 0.15) is 40.9 Å². The minimum absolute atomic E-state index is 0.151. The van der Waals surface area contributed by atoms with Crippen LogP contribution in [0.25, 0.3) is 11.4 Å². The van der Waals surface area contributed by atoms with Gasteiger partial charge in [-0.2, -0.15) is 0 Å². The van der Waals surface area contributed by atoms with E-state index in [9.17, 15) is 0 Å². The Balaban J connectivity index is 1.73. The van der Waals surface area contributed by atoms with Gasteiger partial charge in [-0.15, -0.1) is 0 Å². The SMILES string of the molecule is COc1cc(C)c(CNC(C)c2cnc(-c3ccncc3)nc2C)cc1C. The summed E-state index contributed by atoms with van der Waals surface area (Å²) in [5, 5.41) is 3.59. The van der Waals surface area contributed by atoms with Crippen molar-refractivity contribution in [2.24, 2.45) is 0 Å². The van der Waals surface area contributed by atoms with E-state index in [1.54, 1.807) is 19.5 Å². The summed E-state index contributed by atoms with van der Waals surface area (Å²) in [7, 11) is 1.71. The van der Waals surface area contributed by atoms with Crippen LogP contribution >= 0.6 is 0 Å². The molecule has 1 aromatic carbocycles. The Kier molecular flexibility index (Phi) is 5.81. The van der Waals surface area contributed by atoms with Crippen molar-refractivity contribution >= 4 is 0 Å². The molecular formula is C22H26N4O. The van der Waals surface area contributed by atoms with Crippen LogP contribution < -0.4 is 10.1 Å². The van der Waals surface area contributed by atoms with Crippen LogP contribution in [-0.2, 0) is 6.54 Å². The fraction of sp³-hybridized carbons (Fsp3) is 0.318. The maximum atomic E-state index is 5.40. The molecule has 140 valence electrons. The highest BCUT2D eigenvalue weighted by Crippen LogP contribution is 2.24. The van der Waals surface area contributed by atoms with Gasteiger partial charge in [0.15, 0.2) is 5.82 Å². The maximum Gasteiger partial charge on any atom is 0.159 e. The number of nitrogens with zero attached hydrogens (tertiary/aromatic N) is 3. The maximum absolute atomic E-state index is 5.40. The van der Waals surface area contributed by atoms with Gasteiger partial charge in [-0.05, 0) is 62.6 Å². The summed E-state index contributed by atoms with van der Waals surface area (Å²) in [6.45, 7) is 9.14. The zero-order valence-corrected chi connectivity index (χ0v) is 16.6. The van der Waals surface area contributed by atoms with Crippen LogP contribution in [0.2, 0.25) is 0 Å². The van der Waals surface area contributed by atoms with Crippen molar-refractivity contribution in [3.05, 3.63) is 70.8 Å². The Bertz CT molecular complexity index is 925. The van der Waals surface area contributed by atoms with Gasteiger partial charge < -0.3 is 10.1 Å². The monoisotopic (exact) mass is 362 g/mol. The molecule has 1 N–H and O–H groups in total. The molecule has 0 radical (unpaired) electrons. The summed E-state index contributed by atoms with van der Waals surface area (Å²) < 4.78 is 5.40. The van der Waals surface area contributed by atoms with Gasteiger partial charge in [0.05, 0.1) is 7.11 Å². The molecule has 2 aromatic heterocycles. The number of rotatable bonds is 6. The zero-order valence-electron chi connectivity index (χ0n) is 16.6. The number of aromatic nitrogens is 3. The largest absolute Gasteiger partial charge is 0.496 e. The average Bonchev–Trinajstić information content (AvgIpc) is 2.68. The summed E-state index contributed by atoms with van der Waals surface area (Å²) >= 11 is 0. The molecule has 0 saturated carbocycles. The molecule has 0 amide bonds. The molecule has 3 aromatic rings. The van der Waals surface area contributed by atoms with Gasteiger partial charge in [0, 0.05) is 48.0 Å². The number of benzene rings is 1. The Morgan fingerprint density at radius 2 is 1.81 bits per heavy atom. The third-order valence-corrected chi connectivity index (χ3v) is 4.87. The lowest BCUT2D eigenvalue weighted by molar-refractivity contribution is 0.411. The highest BCUT2D eigenvalue weighted by Gasteiger charge is 2.13. The van der Waals surface area contributed by atoms with Crippen LogP contribution in [0.5, 0.6) is 5.75 Å². The van der Waals surface area contributed by atoms with Crippen molar-refractivity contribution in [1.82, 2.24) is 20.3 Å². The minimum atomic E-state index is 0.151. The van der Waals surface area contributed by atoms with Crippen molar-refractivity contribution in [2.75, 3.05) is 7.11 Å². The van der Waals surface area contributed by atoms with Crippen LogP contribution in [0, 0.1) is 20.8 Å². The molecule has 3 rings (SSSR count). The van der Waals surface area contributed by atoms with E-state index in [0.717, 1.165) is 40.5 Å². The van der Waals surface area contributed by atoms with Gasteiger partial charge >= 0.3 is 0 Å². The number of hydrogen-bond acceptors (Lipinski definition) is 5. The molecule has 0 aliphatic carbocycles. The molecule has 0 aliphatic rings. The molecule has 5 nitrogen and oxygen atoms in total. The number of pyridine rings is 1. The van der Waals surface area contributed by atoms with E-state index >= 15 is 0 Å². The molecular weight excluding hydrogens is 336 g/mol. The van der Waals surface area contributed by atoms with E-state index in [1.807, 2.05) is 25.3 Å². The first-order valence-corrected chi connectivity index (χ1v) is 9.11. The first kappa shape index (κ1) is 19.0. The smallest absolute Gasteiger partial charge is 0.159 e. The van der Waals surface area contributed by atoms with Gasteiger partial charge in [-0.25, -0.2) is 9.97 Å². The summed E-state index contributed by atoms with van der Waals surface area (Å²) in [6.07, 6.45) is 5.43. The van der Waals surface area contributed by atoms with Crippen molar-refractivity contribution in [2.45, 2.75) is 40.3 Å². The lowest BCUT2D eigenvalue weighted by Crippen LogP contribution is -2.20. The van der Waals surface area contributed by atoms with E-state index in [-0.39, 0.29) is 6.04 Å². The summed E-state index contributed by atoms with van der Waals surface area (Å²) in [5.41, 5.74) is 6.71.